The van der Waals surface area contributed by atoms with Gasteiger partial charge in [-0.15, -0.1) is 0 Å². The van der Waals surface area contributed by atoms with Gasteiger partial charge in [-0.25, -0.2) is 4.79 Å². The van der Waals surface area contributed by atoms with Crippen LogP contribution in [0.2, 0.25) is 0 Å². The van der Waals surface area contributed by atoms with E-state index in [1.807, 2.05) is 12.1 Å². The second-order valence-corrected chi connectivity index (χ2v) is 6.15. The number of rotatable bonds is 3. The zero-order valence-corrected chi connectivity index (χ0v) is 12.7. The van der Waals surface area contributed by atoms with E-state index in [0.29, 0.717) is 19.4 Å². The average molecular weight is 303 g/mol. The van der Waals surface area contributed by atoms with Crippen LogP contribution >= 0.6 is 0 Å². The van der Waals surface area contributed by atoms with E-state index in [1.165, 1.54) is 16.0 Å². The number of nitrogens with zero attached hydrogens (tertiary/aromatic N) is 1. The van der Waals surface area contributed by atoms with Gasteiger partial charge in [-0.2, -0.15) is 0 Å². The molecule has 3 rings (SSSR count). The second kappa shape index (κ2) is 6.08. The molecule has 0 aromatic heterocycles. The van der Waals surface area contributed by atoms with Gasteiger partial charge in [0, 0.05) is 26.0 Å². The Morgan fingerprint density at radius 1 is 1.27 bits per heavy atom. The van der Waals surface area contributed by atoms with Crippen LogP contribution in [0.25, 0.3) is 0 Å². The first-order valence-electron chi connectivity index (χ1n) is 7.73. The van der Waals surface area contributed by atoms with E-state index in [-0.39, 0.29) is 17.9 Å². The lowest BCUT2D eigenvalue weighted by atomic mass is 9.83. The number of carboxylic acid groups (broad SMARTS) is 1. The smallest absolute Gasteiger partial charge is 0.326 e. The first kappa shape index (κ1) is 15.0. The van der Waals surface area contributed by atoms with Gasteiger partial charge in [-0.1, -0.05) is 24.3 Å². The molecule has 1 N–H and O–H groups in total. The molecule has 1 amide bonds. The molecule has 5 nitrogen and oxygen atoms in total. The highest BCUT2D eigenvalue weighted by Crippen LogP contribution is 2.30. The summed E-state index contributed by atoms with van der Waals surface area (Å²) in [6.07, 6.45) is 2.57. The van der Waals surface area contributed by atoms with Gasteiger partial charge in [-0.05, 0) is 30.4 Å². The van der Waals surface area contributed by atoms with Gasteiger partial charge in [0.2, 0.25) is 5.91 Å². The molecule has 3 atom stereocenters. The molecule has 1 aliphatic carbocycles. The summed E-state index contributed by atoms with van der Waals surface area (Å²) in [4.78, 5) is 25.7. The molecular formula is C17H21NO4. The SMILES string of the molecule is CO[C@@H]1C[C@@H](C(=O)O)N(C(=O)C2CCc3ccccc3C2)C1. The summed E-state index contributed by atoms with van der Waals surface area (Å²) >= 11 is 0. The van der Waals surface area contributed by atoms with Crippen LogP contribution in [0.3, 0.4) is 0 Å². The van der Waals surface area contributed by atoms with Crippen molar-refractivity contribution in [2.24, 2.45) is 5.92 Å². The van der Waals surface area contributed by atoms with Gasteiger partial charge < -0.3 is 14.7 Å². The maximum absolute atomic E-state index is 12.8. The largest absolute Gasteiger partial charge is 0.480 e. The van der Waals surface area contributed by atoms with Crippen LogP contribution in [0.15, 0.2) is 24.3 Å². The van der Waals surface area contributed by atoms with E-state index in [4.69, 9.17) is 4.74 Å². The Bertz CT molecular complexity index is 586. The lowest BCUT2D eigenvalue weighted by Crippen LogP contribution is -2.44. The maximum Gasteiger partial charge on any atom is 0.326 e. The highest BCUT2D eigenvalue weighted by molar-refractivity contribution is 5.86. The van der Waals surface area contributed by atoms with Crippen molar-refractivity contribution in [1.82, 2.24) is 4.90 Å². The molecule has 0 saturated carbocycles. The molecule has 5 heteroatoms. The fourth-order valence-electron chi connectivity index (χ4n) is 3.59. The molecule has 118 valence electrons. The summed E-state index contributed by atoms with van der Waals surface area (Å²) in [6.45, 7) is 0.379. The third kappa shape index (κ3) is 2.73. The summed E-state index contributed by atoms with van der Waals surface area (Å²) in [7, 11) is 1.56. The molecule has 0 radical (unpaired) electrons. The van der Waals surface area contributed by atoms with Crippen molar-refractivity contribution < 1.29 is 19.4 Å². The van der Waals surface area contributed by atoms with Gasteiger partial charge in [0.25, 0.3) is 0 Å². The van der Waals surface area contributed by atoms with Crippen molar-refractivity contribution in [2.75, 3.05) is 13.7 Å². The minimum Gasteiger partial charge on any atom is -0.480 e. The minimum atomic E-state index is -0.941. The zero-order chi connectivity index (χ0) is 15.7. The number of amides is 1. The third-order valence-electron chi connectivity index (χ3n) is 4.86. The van der Waals surface area contributed by atoms with Gasteiger partial charge in [-0.3, -0.25) is 4.79 Å². The molecule has 1 saturated heterocycles. The Kier molecular flexibility index (Phi) is 4.16. The molecule has 2 aliphatic rings. The number of fused-ring (bicyclic) bond motifs is 1. The maximum atomic E-state index is 12.8. The number of hydrogen-bond acceptors (Lipinski definition) is 3. The topological polar surface area (TPSA) is 66.8 Å². The van der Waals surface area contributed by atoms with Crippen LogP contribution in [0.5, 0.6) is 0 Å². The number of likely N-dealkylation sites (tertiary alicyclic amines) is 1. The molecule has 0 spiro atoms. The first-order chi connectivity index (χ1) is 10.6. The number of aryl methyl sites for hydroxylation is 1. The van der Waals surface area contributed by atoms with Crippen LogP contribution in [0, 0.1) is 5.92 Å². The number of hydrogen-bond donors (Lipinski definition) is 1. The molecule has 1 unspecified atom stereocenters. The standard InChI is InChI=1S/C17H21NO4/c1-22-14-9-15(17(20)21)18(10-14)16(19)13-7-6-11-4-2-3-5-12(11)8-13/h2-5,13-15H,6-10H2,1H3,(H,20,21)/t13?,14-,15+/m1/s1. The lowest BCUT2D eigenvalue weighted by Gasteiger charge is -2.29. The Balaban J connectivity index is 1.75. The van der Waals surface area contributed by atoms with Crippen LogP contribution in [-0.2, 0) is 27.2 Å². The number of ether oxygens (including phenoxy) is 1. The van der Waals surface area contributed by atoms with E-state index < -0.39 is 12.0 Å². The summed E-state index contributed by atoms with van der Waals surface area (Å²) < 4.78 is 5.26. The Labute approximate surface area is 129 Å². The number of carbonyl (C=O) groups excluding carboxylic acids is 1. The van der Waals surface area contributed by atoms with Crippen LogP contribution in [-0.4, -0.2) is 47.7 Å². The van der Waals surface area contributed by atoms with Crippen LogP contribution < -0.4 is 0 Å². The fourth-order valence-corrected chi connectivity index (χ4v) is 3.59. The first-order valence-corrected chi connectivity index (χ1v) is 7.73. The van der Waals surface area contributed by atoms with E-state index in [2.05, 4.69) is 12.1 Å². The van der Waals surface area contributed by atoms with Crippen molar-refractivity contribution in [3.63, 3.8) is 0 Å². The van der Waals surface area contributed by atoms with E-state index in [9.17, 15) is 14.7 Å². The van der Waals surface area contributed by atoms with Gasteiger partial charge in [0.05, 0.1) is 6.10 Å². The highest BCUT2D eigenvalue weighted by atomic mass is 16.5. The summed E-state index contributed by atoms with van der Waals surface area (Å²) in [5, 5.41) is 9.35. The summed E-state index contributed by atoms with van der Waals surface area (Å²) in [6, 6.07) is 7.42. The van der Waals surface area contributed by atoms with Gasteiger partial charge >= 0.3 is 5.97 Å². The predicted octanol–water partition coefficient (Wildman–Crippen LogP) is 1.49. The monoisotopic (exact) mass is 303 g/mol. The molecule has 0 bridgehead atoms. The summed E-state index contributed by atoms with van der Waals surface area (Å²) in [5.74, 6) is -1.10. The normalized spacial score (nSPS) is 27.5. The van der Waals surface area contributed by atoms with E-state index in [1.54, 1.807) is 7.11 Å². The van der Waals surface area contributed by atoms with E-state index >= 15 is 0 Å². The Morgan fingerprint density at radius 2 is 2.00 bits per heavy atom. The lowest BCUT2D eigenvalue weighted by molar-refractivity contribution is -0.150. The second-order valence-electron chi connectivity index (χ2n) is 6.15. The van der Waals surface area contributed by atoms with Gasteiger partial charge in [0.15, 0.2) is 0 Å². The molecule has 1 heterocycles. The van der Waals surface area contributed by atoms with Crippen molar-refractivity contribution in [3.8, 4) is 0 Å². The highest BCUT2D eigenvalue weighted by Gasteiger charge is 2.42. The molecule has 1 aliphatic heterocycles. The number of aliphatic carboxylic acids is 1. The third-order valence-corrected chi connectivity index (χ3v) is 4.86. The Morgan fingerprint density at radius 3 is 2.68 bits per heavy atom. The average Bonchev–Trinajstić information content (AvgIpc) is 2.98. The fraction of sp³-hybridized carbons (Fsp3) is 0.529. The number of carbonyl (C=O) groups is 2. The predicted molar refractivity (Wildman–Crippen MR) is 80.5 cm³/mol. The number of carboxylic acids is 1. The number of benzene rings is 1. The molecule has 1 aromatic carbocycles. The quantitative estimate of drug-likeness (QED) is 0.919. The van der Waals surface area contributed by atoms with Crippen molar-refractivity contribution in [3.05, 3.63) is 35.4 Å². The van der Waals surface area contributed by atoms with Crippen LogP contribution in [0.1, 0.15) is 24.0 Å². The van der Waals surface area contributed by atoms with Crippen LogP contribution in [0.4, 0.5) is 0 Å². The van der Waals surface area contributed by atoms with Gasteiger partial charge in [0.1, 0.15) is 6.04 Å². The van der Waals surface area contributed by atoms with Crippen molar-refractivity contribution >= 4 is 11.9 Å². The zero-order valence-electron chi connectivity index (χ0n) is 12.7. The number of methoxy groups -OCH3 is 1. The summed E-state index contributed by atoms with van der Waals surface area (Å²) in [5.41, 5.74) is 2.51. The van der Waals surface area contributed by atoms with Crippen molar-refractivity contribution in [1.29, 1.82) is 0 Å². The molecule has 1 fully saturated rings. The van der Waals surface area contributed by atoms with E-state index in [0.717, 1.165) is 12.8 Å². The molecular weight excluding hydrogens is 282 g/mol. The van der Waals surface area contributed by atoms with Crippen molar-refractivity contribution in [2.45, 2.75) is 37.8 Å². The Hall–Kier alpha value is -1.88. The molecule has 22 heavy (non-hydrogen) atoms. The molecule has 1 aromatic rings. The minimum absolute atomic E-state index is 0.0403.